The van der Waals surface area contributed by atoms with Crippen molar-refractivity contribution in [2.24, 2.45) is 0 Å². The summed E-state index contributed by atoms with van der Waals surface area (Å²) in [4.78, 5) is 6.69. The topological polar surface area (TPSA) is 41.0 Å². The predicted molar refractivity (Wildman–Crippen MR) is 76.4 cm³/mol. The largest absolute Gasteiger partial charge is 0.349 e. The van der Waals surface area contributed by atoms with Gasteiger partial charge >= 0.3 is 0 Å². The number of aromatic nitrogens is 2. The van der Waals surface area contributed by atoms with Crippen molar-refractivity contribution >= 4 is 16.7 Å². The van der Waals surface area contributed by atoms with Crippen molar-refractivity contribution in [3.8, 4) is 0 Å². The van der Waals surface area contributed by atoms with E-state index in [0.29, 0.717) is 0 Å². The standard InChI is InChI=1S/C13H18N4S/c1-14-8-9-17(2)13-15-12(16-18-13)10-11-6-4-3-5-7-11/h3-7,14H,8-10H2,1-2H3. The van der Waals surface area contributed by atoms with Crippen LogP contribution in [0.5, 0.6) is 0 Å². The van der Waals surface area contributed by atoms with Gasteiger partial charge in [-0.1, -0.05) is 30.3 Å². The lowest BCUT2D eigenvalue weighted by molar-refractivity contribution is 0.765. The Morgan fingerprint density at radius 1 is 1.28 bits per heavy atom. The summed E-state index contributed by atoms with van der Waals surface area (Å²) in [6.07, 6.45) is 0.803. The van der Waals surface area contributed by atoms with Crippen molar-refractivity contribution in [3.63, 3.8) is 0 Å². The van der Waals surface area contributed by atoms with Gasteiger partial charge in [0.2, 0.25) is 5.13 Å². The summed E-state index contributed by atoms with van der Waals surface area (Å²) in [5.74, 6) is 0.900. The zero-order chi connectivity index (χ0) is 12.8. The van der Waals surface area contributed by atoms with Crippen molar-refractivity contribution in [3.05, 3.63) is 41.7 Å². The molecule has 0 bridgehead atoms. The van der Waals surface area contributed by atoms with Gasteiger partial charge in [0.15, 0.2) is 0 Å². The second-order valence-corrected chi connectivity index (χ2v) is 4.91. The monoisotopic (exact) mass is 262 g/mol. The molecule has 0 atom stereocenters. The van der Waals surface area contributed by atoms with E-state index in [2.05, 4.69) is 31.7 Å². The first-order valence-electron chi connectivity index (χ1n) is 6.02. The molecule has 0 aliphatic heterocycles. The molecule has 0 amide bonds. The van der Waals surface area contributed by atoms with Crippen molar-refractivity contribution in [2.75, 3.05) is 32.1 Å². The molecule has 96 valence electrons. The minimum absolute atomic E-state index is 0.803. The first kappa shape index (κ1) is 13.0. The molecule has 0 radical (unpaired) electrons. The quantitative estimate of drug-likeness (QED) is 0.861. The van der Waals surface area contributed by atoms with Crippen LogP contribution >= 0.6 is 11.5 Å². The van der Waals surface area contributed by atoms with E-state index >= 15 is 0 Å². The summed E-state index contributed by atoms with van der Waals surface area (Å²) >= 11 is 1.46. The Balaban J connectivity index is 1.98. The van der Waals surface area contributed by atoms with Gasteiger partial charge in [-0.2, -0.15) is 4.37 Å². The Morgan fingerprint density at radius 3 is 2.78 bits per heavy atom. The minimum Gasteiger partial charge on any atom is -0.349 e. The van der Waals surface area contributed by atoms with E-state index in [1.807, 2.05) is 32.3 Å². The van der Waals surface area contributed by atoms with Crippen molar-refractivity contribution < 1.29 is 0 Å². The Bertz CT molecular complexity index is 469. The number of nitrogens with zero attached hydrogens (tertiary/aromatic N) is 3. The fourth-order valence-electron chi connectivity index (χ4n) is 1.63. The zero-order valence-corrected chi connectivity index (χ0v) is 11.6. The maximum absolute atomic E-state index is 4.56. The molecule has 0 spiro atoms. The maximum atomic E-state index is 4.56. The molecule has 1 aromatic carbocycles. The molecular formula is C13H18N4S. The smallest absolute Gasteiger partial charge is 0.204 e. The van der Waals surface area contributed by atoms with Crippen LogP contribution in [-0.4, -0.2) is 36.5 Å². The third kappa shape index (κ3) is 3.51. The van der Waals surface area contributed by atoms with Crippen LogP contribution in [0.4, 0.5) is 5.13 Å². The number of hydrogen-bond acceptors (Lipinski definition) is 5. The van der Waals surface area contributed by atoms with Crippen LogP contribution < -0.4 is 10.2 Å². The molecule has 0 fully saturated rings. The van der Waals surface area contributed by atoms with Gasteiger partial charge in [-0.25, -0.2) is 4.98 Å². The van der Waals surface area contributed by atoms with Crippen LogP contribution in [0.1, 0.15) is 11.4 Å². The second kappa shape index (κ2) is 6.47. The average molecular weight is 262 g/mol. The van der Waals surface area contributed by atoms with Crippen molar-refractivity contribution in [1.29, 1.82) is 0 Å². The molecule has 0 aliphatic rings. The average Bonchev–Trinajstić information content (AvgIpc) is 2.86. The number of rotatable bonds is 6. The third-order valence-electron chi connectivity index (χ3n) is 2.69. The van der Waals surface area contributed by atoms with E-state index in [0.717, 1.165) is 30.5 Å². The number of benzene rings is 1. The third-order valence-corrected chi connectivity index (χ3v) is 3.55. The Morgan fingerprint density at radius 2 is 2.06 bits per heavy atom. The zero-order valence-electron chi connectivity index (χ0n) is 10.8. The van der Waals surface area contributed by atoms with E-state index in [9.17, 15) is 0 Å². The first-order valence-corrected chi connectivity index (χ1v) is 6.79. The highest BCUT2D eigenvalue weighted by molar-refractivity contribution is 7.09. The molecule has 0 aliphatic carbocycles. The number of anilines is 1. The first-order chi connectivity index (χ1) is 8.79. The molecule has 0 unspecified atom stereocenters. The molecule has 4 nitrogen and oxygen atoms in total. The van der Waals surface area contributed by atoms with Gasteiger partial charge in [-0.3, -0.25) is 0 Å². The van der Waals surface area contributed by atoms with Crippen LogP contribution in [0.25, 0.3) is 0 Å². The molecule has 1 aromatic heterocycles. The van der Waals surface area contributed by atoms with Gasteiger partial charge in [-0.05, 0) is 12.6 Å². The van der Waals surface area contributed by atoms with E-state index < -0.39 is 0 Å². The van der Waals surface area contributed by atoms with Crippen LogP contribution in [0.3, 0.4) is 0 Å². The summed E-state index contributed by atoms with van der Waals surface area (Å²) in [5, 5.41) is 4.11. The fraction of sp³-hybridized carbons (Fsp3) is 0.385. The van der Waals surface area contributed by atoms with Gasteiger partial charge in [0.1, 0.15) is 5.82 Å². The number of nitrogens with one attached hydrogen (secondary N) is 1. The lowest BCUT2D eigenvalue weighted by atomic mass is 10.1. The lowest BCUT2D eigenvalue weighted by Crippen LogP contribution is -2.26. The summed E-state index contributed by atoms with van der Waals surface area (Å²) in [6.45, 7) is 1.89. The highest BCUT2D eigenvalue weighted by Gasteiger charge is 2.08. The van der Waals surface area contributed by atoms with Gasteiger partial charge in [0, 0.05) is 38.1 Å². The van der Waals surface area contributed by atoms with Gasteiger partial charge in [0.05, 0.1) is 0 Å². The maximum Gasteiger partial charge on any atom is 0.204 e. The second-order valence-electron chi connectivity index (χ2n) is 4.18. The Labute approximate surface area is 112 Å². The Kier molecular flexibility index (Phi) is 4.66. The highest BCUT2D eigenvalue weighted by Crippen LogP contribution is 2.17. The fourth-order valence-corrected chi connectivity index (χ4v) is 2.29. The van der Waals surface area contributed by atoms with Crippen LogP contribution in [-0.2, 0) is 6.42 Å². The van der Waals surface area contributed by atoms with E-state index in [-0.39, 0.29) is 0 Å². The molecule has 2 aromatic rings. The summed E-state index contributed by atoms with van der Waals surface area (Å²) in [7, 11) is 4.00. The molecule has 1 heterocycles. The van der Waals surface area contributed by atoms with E-state index in [4.69, 9.17) is 0 Å². The van der Waals surface area contributed by atoms with Gasteiger partial charge in [0.25, 0.3) is 0 Å². The van der Waals surface area contributed by atoms with Gasteiger partial charge < -0.3 is 10.2 Å². The molecule has 1 N–H and O–H groups in total. The summed E-state index contributed by atoms with van der Waals surface area (Å²) < 4.78 is 4.41. The molecular weight excluding hydrogens is 244 g/mol. The van der Waals surface area contributed by atoms with Crippen LogP contribution in [0.2, 0.25) is 0 Å². The molecule has 18 heavy (non-hydrogen) atoms. The van der Waals surface area contributed by atoms with Gasteiger partial charge in [-0.15, -0.1) is 0 Å². The minimum atomic E-state index is 0.803. The molecule has 2 rings (SSSR count). The van der Waals surface area contributed by atoms with Crippen molar-refractivity contribution in [1.82, 2.24) is 14.7 Å². The summed E-state index contributed by atoms with van der Waals surface area (Å²) in [5.41, 5.74) is 1.25. The van der Waals surface area contributed by atoms with Crippen molar-refractivity contribution in [2.45, 2.75) is 6.42 Å². The lowest BCUT2D eigenvalue weighted by Gasteiger charge is -2.13. The highest BCUT2D eigenvalue weighted by atomic mass is 32.1. The normalized spacial score (nSPS) is 10.6. The van der Waals surface area contributed by atoms with Crippen LogP contribution in [0.15, 0.2) is 30.3 Å². The number of likely N-dealkylation sites (N-methyl/N-ethyl adjacent to an activating group) is 2. The molecule has 0 saturated carbocycles. The SMILES string of the molecule is CNCCN(C)c1nc(Cc2ccccc2)ns1. The molecule has 5 heteroatoms. The number of hydrogen-bond donors (Lipinski definition) is 1. The van der Waals surface area contributed by atoms with E-state index in [1.54, 1.807) is 0 Å². The molecule has 0 saturated heterocycles. The Hall–Kier alpha value is -1.46. The predicted octanol–water partition coefficient (Wildman–Crippen LogP) is 1.78. The van der Waals surface area contributed by atoms with E-state index in [1.165, 1.54) is 17.1 Å². The van der Waals surface area contributed by atoms with Crippen LogP contribution in [0, 0.1) is 0 Å². The summed E-state index contributed by atoms with van der Waals surface area (Å²) in [6, 6.07) is 10.3.